The fourth-order valence-electron chi connectivity index (χ4n) is 9.36. The number of carbonyl (C=O) groups excluding carboxylic acids is 1. The van der Waals surface area contributed by atoms with Crippen LogP contribution in [0.5, 0.6) is 0 Å². The molecular weight excluding hydrogens is 883 g/mol. The molecule has 1 aliphatic rings. The molecule has 0 aliphatic carbocycles. The summed E-state index contributed by atoms with van der Waals surface area (Å²) >= 11 is 0. The van der Waals surface area contributed by atoms with Gasteiger partial charge < -0.3 is 50.5 Å². The third kappa shape index (κ3) is 36.3. The molecule has 8 N–H and O–H groups in total. The predicted octanol–water partition coefficient (Wildman–Crippen LogP) is 12.3. The quantitative estimate of drug-likeness (QED) is 0.0215. The van der Waals surface area contributed by atoms with Gasteiger partial charge in [-0.1, -0.05) is 237 Å². The number of unbranched alkanes of at least 4 members (excludes halogenated alkanes) is 32. The maximum atomic E-state index is 13.2. The van der Waals surface area contributed by atoms with Gasteiger partial charge in [-0.05, 0) is 64.2 Å². The van der Waals surface area contributed by atoms with Gasteiger partial charge in [-0.15, -0.1) is 0 Å². The van der Waals surface area contributed by atoms with Gasteiger partial charge in [-0.3, -0.25) is 4.79 Å². The minimum absolute atomic E-state index is 0.242. The summed E-state index contributed by atoms with van der Waals surface area (Å²) in [5.74, 6) is -0.709. The number of amides is 1. The predicted molar refractivity (Wildman–Crippen MR) is 289 cm³/mol. The van der Waals surface area contributed by atoms with Crippen molar-refractivity contribution < 1.29 is 50.0 Å². The van der Waals surface area contributed by atoms with Crippen molar-refractivity contribution in [2.75, 3.05) is 13.2 Å². The largest absolute Gasteiger partial charge is 0.394 e. The molecule has 9 atom stereocenters. The van der Waals surface area contributed by atoms with Crippen molar-refractivity contribution >= 4 is 5.91 Å². The molecule has 1 amide bonds. The fourth-order valence-corrected chi connectivity index (χ4v) is 9.36. The second kappa shape index (κ2) is 48.3. The van der Waals surface area contributed by atoms with E-state index in [-0.39, 0.29) is 12.8 Å². The molecule has 412 valence electrons. The van der Waals surface area contributed by atoms with Gasteiger partial charge in [0.2, 0.25) is 5.91 Å². The number of hydrogen-bond donors (Lipinski definition) is 8. The van der Waals surface area contributed by atoms with Gasteiger partial charge in [0.15, 0.2) is 6.29 Å². The third-order valence-corrected chi connectivity index (χ3v) is 14.2. The molecule has 9 unspecified atom stereocenters. The third-order valence-electron chi connectivity index (χ3n) is 14.2. The molecule has 0 aromatic rings. The van der Waals surface area contributed by atoms with E-state index in [9.17, 15) is 40.5 Å². The lowest BCUT2D eigenvalue weighted by atomic mass is 9.98. The van der Waals surface area contributed by atoms with Crippen LogP contribution in [0.3, 0.4) is 0 Å². The first-order valence-electron chi connectivity index (χ1n) is 29.4. The standard InChI is InChI=1S/C59H111NO10/c1-3-5-7-9-11-13-15-17-19-21-22-23-24-25-26-27-28-29-30-31-33-35-37-39-41-43-45-47-52(63)58(68)60-50(49-69-59-57(67)56(66)55(65)53(48-61)70-59)54(64)51(62)46-44-42-40-38-36-34-32-20-18-16-14-12-10-8-6-4-2/h12,14,20,32,38,40,50-57,59,61-67H,3-11,13,15-19,21-31,33-37,39,41-49H2,1-2H3,(H,60,68)/b14-12+,32-20+,40-38+. The van der Waals surface area contributed by atoms with E-state index in [1.165, 1.54) is 173 Å². The summed E-state index contributed by atoms with van der Waals surface area (Å²) in [6.45, 7) is 3.42. The zero-order chi connectivity index (χ0) is 51.1. The summed E-state index contributed by atoms with van der Waals surface area (Å²) in [7, 11) is 0. The Hall–Kier alpha value is -1.67. The van der Waals surface area contributed by atoms with Gasteiger partial charge in [-0.25, -0.2) is 0 Å². The average molecular weight is 995 g/mol. The zero-order valence-corrected chi connectivity index (χ0v) is 45.0. The molecule has 1 rings (SSSR count). The summed E-state index contributed by atoms with van der Waals surface area (Å²) in [5, 5.41) is 76.0. The monoisotopic (exact) mass is 994 g/mol. The van der Waals surface area contributed by atoms with E-state index in [0.29, 0.717) is 19.3 Å². The topological polar surface area (TPSA) is 189 Å². The van der Waals surface area contributed by atoms with E-state index in [2.05, 4.69) is 55.6 Å². The Balaban J connectivity index is 2.28. The molecule has 0 bridgehead atoms. The number of rotatable bonds is 50. The number of aliphatic hydroxyl groups excluding tert-OH is 7. The van der Waals surface area contributed by atoms with E-state index in [4.69, 9.17) is 9.47 Å². The molecule has 0 spiro atoms. The van der Waals surface area contributed by atoms with Crippen LogP contribution in [0.4, 0.5) is 0 Å². The van der Waals surface area contributed by atoms with E-state index in [1.807, 2.05) is 0 Å². The van der Waals surface area contributed by atoms with Crippen LogP contribution in [0.1, 0.15) is 264 Å². The van der Waals surface area contributed by atoms with Crippen LogP contribution < -0.4 is 5.32 Å². The normalized spacial score (nSPS) is 20.5. The highest BCUT2D eigenvalue weighted by molar-refractivity contribution is 5.80. The summed E-state index contributed by atoms with van der Waals surface area (Å²) < 4.78 is 11.1. The molecule has 0 aromatic heterocycles. The van der Waals surface area contributed by atoms with Gasteiger partial charge in [0, 0.05) is 0 Å². The lowest BCUT2D eigenvalue weighted by Gasteiger charge is -2.40. The van der Waals surface area contributed by atoms with Gasteiger partial charge in [-0.2, -0.15) is 0 Å². The Morgan fingerprint density at radius 3 is 1.27 bits per heavy atom. The Bertz CT molecular complexity index is 1230. The summed E-state index contributed by atoms with van der Waals surface area (Å²) in [4.78, 5) is 13.2. The number of ether oxygens (including phenoxy) is 2. The second-order valence-corrected chi connectivity index (χ2v) is 20.7. The van der Waals surface area contributed by atoms with E-state index in [0.717, 1.165) is 44.9 Å². The number of nitrogens with one attached hydrogen (secondary N) is 1. The summed E-state index contributed by atoms with van der Waals surface area (Å²) in [6.07, 6.45) is 47.8. The van der Waals surface area contributed by atoms with Crippen LogP contribution in [0.15, 0.2) is 36.5 Å². The van der Waals surface area contributed by atoms with Crippen molar-refractivity contribution in [3.8, 4) is 0 Å². The van der Waals surface area contributed by atoms with Crippen LogP contribution in [0, 0.1) is 0 Å². The van der Waals surface area contributed by atoms with Crippen LogP contribution in [0.2, 0.25) is 0 Å². The van der Waals surface area contributed by atoms with Crippen molar-refractivity contribution in [2.24, 2.45) is 0 Å². The zero-order valence-electron chi connectivity index (χ0n) is 45.0. The Morgan fingerprint density at radius 2 is 0.857 bits per heavy atom. The molecule has 1 heterocycles. The molecule has 11 heteroatoms. The first-order valence-corrected chi connectivity index (χ1v) is 29.4. The molecule has 0 saturated carbocycles. The maximum Gasteiger partial charge on any atom is 0.249 e. The Labute approximate surface area is 428 Å². The number of hydrogen-bond acceptors (Lipinski definition) is 10. The van der Waals surface area contributed by atoms with E-state index >= 15 is 0 Å². The molecule has 1 aliphatic heterocycles. The second-order valence-electron chi connectivity index (χ2n) is 20.7. The molecule has 1 fully saturated rings. The van der Waals surface area contributed by atoms with E-state index in [1.54, 1.807) is 0 Å². The Morgan fingerprint density at radius 1 is 0.486 bits per heavy atom. The van der Waals surface area contributed by atoms with Gasteiger partial charge in [0.05, 0.1) is 25.4 Å². The minimum Gasteiger partial charge on any atom is -0.394 e. The Kier molecular flexibility index (Phi) is 45.8. The fraction of sp³-hybridized carbons (Fsp3) is 0.881. The highest BCUT2D eigenvalue weighted by atomic mass is 16.7. The summed E-state index contributed by atoms with van der Waals surface area (Å²) in [5.41, 5.74) is 0. The molecule has 11 nitrogen and oxygen atoms in total. The van der Waals surface area contributed by atoms with Crippen molar-refractivity contribution in [1.29, 1.82) is 0 Å². The van der Waals surface area contributed by atoms with Crippen LogP contribution >= 0.6 is 0 Å². The van der Waals surface area contributed by atoms with Gasteiger partial charge in [0.1, 0.15) is 36.6 Å². The highest BCUT2D eigenvalue weighted by Gasteiger charge is 2.44. The molecule has 0 aromatic carbocycles. The average Bonchev–Trinajstić information content (AvgIpc) is 3.36. The summed E-state index contributed by atoms with van der Waals surface area (Å²) in [6, 6.07) is -1.19. The lowest BCUT2D eigenvalue weighted by molar-refractivity contribution is -0.303. The smallest absolute Gasteiger partial charge is 0.249 e. The van der Waals surface area contributed by atoms with Crippen LogP contribution in [-0.2, 0) is 14.3 Å². The minimum atomic E-state index is -1.67. The van der Waals surface area contributed by atoms with Crippen molar-refractivity contribution in [1.82, 2.24) is 5.32 Å². The molecular formula is C59H111NO10. The molecule has 1 saturated heterocycles. The molecule has 0 radical (unpaired) electrons. The van der Waals surface area contributed by atoms with Crippen LogP contribution in [0.25, 0.3) is 0 Å². The highest BCUT2D eigenvalue weighted by Crippen LogP contribution is 2.23. The van der Waals surface area contributed by atoms with Gasteiger partial charge in [0.25, 0.3) is 0 Å². The van der Waals surface area contributed by atoms with Crippen LogP contribution in [-0.4, -0.2) is 110 Å². The number of allylic oxidation sites excluding steroid dienone is 6. The lowest BCUT2D eigenvalue weighted by Crippen LogP contribution is -2.60. The van der Waals surface area contributed by atoms with Crippen molar-refractivity contribution in [3.05, 3.63) is 36.5 Å². The number of carbonyl (C=O) groups is 1. The van der Waals surface area contributed by atoms with E-state index < -0.39 is 74.2 Å². The maximum absolute atomic E-state index is 13.2. The molecule has 70 heavy (non-hydrogen) atoms. The van der Waals surface area contributed by atoms with Gasteiger partial charge >= 0.3 is 0 Å². The SMILES string of the molecule is CCCCC/C=C/CC/C=C/CC/C=C/CCCC(O)C(O)C(COC1OC(CO)C(O)C(O)C1O)NC(=O)C(O)CCCCCCCCCCCCCCCCCCCCCCCCCCCCC. The first-order chi connectivity index (χ1) is 34.2. The number of aliphatic hydroxyl groups is 7. The van der Waals surface area contributed by atoms with Crippen molar-refractivity contribution in [3.63, 3.8) is 0 Å². The van der Waals surface area contributed by atoms with Crippen molar-refractivity contribution in [2.45, 2.75) is 319 Å². The first kappa shape index (κ1) is 66.3.